The van der Waals surface area contributed by atoms with Crippen LogP contribution in [0.5, 0.6) is 0 Å². The molecule has 0 spiro atoms. The molecule has 0 aliphatic rings. The van der Waals surface area contributed by atoms with Crippen LogP contribution in [0, 0.1) is 6.92 Å². The number of carbonyl (C=O) groups excluding carboxylic acids is 1. The van der Waals surface area contributed by atoms with Crippen molar-refractivity contribution in [3.8, 4) is 0 Å². The molecule has 1 aromatic rings. The second-order valence-electron chi connectivity index (χ2n) is 1.40. The Bertz CT molecular complexity index is 192. The third-order valence-corrected chi connectivity index (χ3v) is 0.861. The minimum Gasteiger partial charge on any atom is -0.361 e. The van der Waals surface area contributed by atoms with Gasteiger partial charge in [0.1, 0.15) is 5.76 Å². The van der Waals surface area contributed by atoms with Crippen molar-refractivity contribution in [2.24, 2.45) is 0 Å². The number of aryl methyl sites for hydroxylation is 1. The topological polar surface area (TPSA) is 43.1 Å². The van der Waals surface area contributed by atoms with E-state index in [1.807, 2.05) is 0 Å². The highest BCUT2D eigenvalue weighted by Crippen LogP contribution is 1.99. The molecule has 1 heterocycles. The average Bonchev–Trinajstić information content (AvgIpc) is 2.14. The lowest BCUT2D eigenvalue weighted by Gasteiger charge is -1.73. The van der Waals surface area contributed by atoms with Crippen molar-refractivity contribution in [1.29, 1.82) is 0 Å². The van der Waals surface area contributed by atoms with E-state index in [0.29, 0.717) is 11.3 Å². The Kier molecular flexibility index (Phi) is 1.12. The van der Waals surface area contributed by atoms with E-state index in [2.05, 4.69) is 9.68 Å². The van der Waals surface area contributed by atoms with E-state index in [1.165, 1.54) is 6.20 Å². The summed E-state index contributed by atoms with van der Waals surface area (Å²) >= 11 is 0. The highest BCUT2D eigenvalue weighted by Gasteiger charge is 1.98. The zero-order valence-corrected chi connectivity index (χ0v) is 4.34. The van der Waals surface area contributed by atoms with Gasteiger partial charge in [-0.1, -0.05) is 5.16 Å². The molecule has 0 amide bonds. The summed E-state index contributed by atoms with van der Waals surface area (Å²) in [7, 11) is 0. The van der Waals surface area contributed by atoms with E-state index in [0.717, 1.165) is 0 Å². The molecule has 0 saturated carbocycles. The number of rotatable bonds is 1. The van der Waals surface area contributed by atoms with Gasteiger partial charge >= 0.3 is 0 Å². The Morgan fingerprint density at radius 3 is 2.88 bits per heavy atom. The minimum atomic E-state index is 0.394. The molecular formula is C5H4NO2. The first kappa shape index (κ1) is 5.03. The van der Waals surface area contributed by atoms with Crippen LogP contribution in [-0.2, 0) is 4.79 Å². The van der Waals surface area contributed by atoms with Crippen molar-refractivity contribution in [2.75, 3.05) is 0 Å². The second kappa shape index (κ2) is 1.78. The maximum atomic E-state index is 9.86. The minimum absolute atomic E-state index is 0.394. The zero-order valence-electron chi connectivity index (χ0n) is 4.34. The molecule has 3 heteroatoms. The van der Waals surface area contributed by atoms with E-state index in [1.54, 1.807) is 13.2 Å². The van der Waals surface area contributed by atoms with Gasteiger partial charge in [0, 0.05) is 0 Å². The van der Waals surface area contributed by atoms with E-state index in [-0.39, 0.29) is 0 Å². The maximum absolute atomic E-state index is 9.86. The lowest BCUT2D eigenvalue weighted by Crippen LogP contribution is -1.75. The van der Waals surface area contributed by atoms with Crippen LogP contribution in [0.2, 0.25) is 0 Å². The summed E-state index contributed by atoms with van der Waals surface area (Å²) in [5.74, 6) is 0.514. The normalized spacial score (nSPS) is 9.12. The molecular weight excluding hydrogens is 106 g/mol. The molecule has 0 aliphatic heterocycles. The van der Waals surface area contributed by atoms with Gasteiger partial charge in [-0.05, 0) is 6.92 Å². The van der Waals surface area contributed by atoms with Crippen molar-refractivity contribution in [3.63, 3.8) is 0 Å². The summed E-state index contributed by atoms with van der Waals surface area (Å²) in [5, 5.41) is 3.36. The van der Waals surface area contributed by atoms with Crippen molar-refractivity contribution < 1.29 is 9.32 Å². The largest absolute Gasteiger partial charge is 0.361 e. The summed E-state index contributed by atoms with van der Waals surface area (Å²) in [5.41, 5.74) is 0.394. The molecule has 0 fully saturated rings. The predicted octanol–water partition coefficient (Wildman–Crippen LogP) is 0.441. The molecule has 3 nitrogen and oxygen atoms in total. The molecule has 0 aliphatic carbocycles. The fourth-order valence-corrected chi connectivity index (χ4v) is 0.396. The number of hydrogen-bond donors (Lipinski definition) is 0. The van der Waals surface area contributed by atoms with Crippen molar-refractivity contribution in [1.82, 2.24) is 5.16 Å². The quantitative estimate of drug-likeness (QED) is 0.526. The molecule has 41 valence electrons. The highest BCUT2D eigenvalue weighted by molar-refractivity contribution is 5.75. The van der Waals surface area contributed by atoms with Crippen LogP contribution in [0.15, 0.2) is 10.7 Å². The van der Waals surface area contributed by atoms with Crippen molar-refractivity contribution in [2.45, 2.75) is 6.92 Å². The Morgan fingerprint density at radius 2 is 2.62 bits per heavy atom. The van der Waals surface area contributed by atoms with Crippen LogP contribution in [0.25, 0.3) is 0 Å². The molecule has 0 saturated heterocycles. The molecule has 0 atom stereocenters. The predicted molar refractivity (Wildman–Crippen MR) is 26.0 cm³/mol. The Hall–Kier alpha value is -1.12. The first-order valence-electron chi connectivity index (χ1n) is 2.14. The Morgan fingerprint density at radius 1 is 1.88 bits per heavy atom. The highest BCUT2D eigenvalue weighted by atomic mass is 16.5. The van der Waals surface area contributed by atoms with Gasteiger partial charge in [0.25, 0.3) is 0 Å². The van der Waals surface area contributed by atoms with Crippen LogP contribution in [0.3, 0.4) is 0 Å². The van der Waals surface area contributed by atoms with E-state index < -0.39 is 0 Å². The summed E-state index contributed by atoms with van der Waals surface area (Å²) in [6.45, 7) is 1.66. The first-order chi connectivity index (χ1) is 3.84. The zero-order chi connectivity index (χ0) is 5.98. The SMILES string of the molecule is Cc1oncc1[C]=O. The number of nitrogens with zero attached hydrogens (tertiary/aromatic N) is 1. The summed E-state index contributed by atoms with van der Waals surface area (Å²) in [4.78, 5) is 9.86. The Labute approximate surface area is 46.3 Å². The van der Waals surface area contributed by atoms with Gasteiger partial charge < -0.3 is 4.52 Å². The molecule has 0 aromatic carbocycles. The standard InChI is InChI=1S/C5H4NO2/c1-4-5(3-7)2-6-8-4/h2H,1H3. The number of hydrogen-bond acceptors (Lipinski definition) is 3. The van der Waals surface area contributed by atoms with E-state index in [4.69, 9.17) is 0 Å². The van der Waals surface area contributed by atoms with Crippen molar-refractivity contribution in [3.05, 3.63) is 17.5 Å². The second-order valence-corrected chi connectivity index (χ2v) is 1.40. The van der Waals surface area contributed by atoms with Gasteiger partial charge in [0.15, 0.2) is 0 Å². The molecule has 1 rings (SSSR count). The lowest BCUT2D eigenvalue weighted by molar-refractivity contribution is 0.397. The first-order valence-corrected chi connectivity index (χ1v) is 2.14. The molecule has 0 bridgehead atoms. The maximum Gasteiger partial charge on any atom is 0.238 e. The molecule has 1 aromatic heterocycles. The molecule has 1 radical (unpaired) electrons. The van der Waals surface area contributed by atoms with Crippen molar-refractivity contribution >= 4 is 6.29 Å². The van der Waals surface area contributed by atoms with Crippen LogP contribution in [-0.4, -0.2) is 11.4 Å². The molecule has 0 N–H and O–H groups in total. The Balaban J connectivity index is 3.09. The summed E-state index contributed by atoms with van der Waals surface area (Å²) in [6.07, 6.45) is 3.00. The van der Waals surface area contributed by atoms with Gasteiger partial charge in [-0.25, -0.2) is 0 Å². The van der Waals surface area contributed by atoms with E-state index in [9.17, 15) is 4.79 Å². The molecule has 0 unspecified atom stereocenters. The third kappa shape index (κ3) is 0.621. The monoisotopic (exact) mass is 110 g/mol. The summed E-state index contributed by atoms with van der Waals surface area (Å²) in [6, 6.07) is 0. The van der Waals surface area contributed by atoms with Crippen LogP contribution in [0.1, 0.15) is 11.3 Å². The van der Waals surface area contributed by atoms with E-state index >= 15 is 0 Å². The van der Waals surface area contributed by atoms with Gasteiger partial charge in [-0.2, -0.15) is 0 Å². The van der Waals surface area contributed by atoms with Gasteiger partial charge in [-0.15, -0.1) is 0 Å². The third-order valence-electron chi connectivity index (χ3n) is 0.861. The van der Waals surface area contributed by atoms with Gasteiger partial charge in [-0.3, -0.25) is 4.79 Å². The van der Waals surface area contributed by atoms with Gasteiger partial charge in [0.2, 0.25) is 6.29 Å². The van der Waals surface area contributed by atoms with Crippen LogP contribution >= 0.6 is 0 Å². The van der Waals surface area contributed by atoms with Crippen LogP contribution < -0.4 is 0 Å². The molecule has 8 heavy (non-hydrogen) atoms. The lowest BCUT2D eigenvalue weighted by atomic mass is 10.3. The summed E-state index contributed by atoms with van der Waals surface area (Å²) < 4.78 is 4.54. The number of aromatic nitrogens is 1. The fraction of sp³-hybridized carbons (Fsp3) is 0.200. The smallest absolute Gasteiger partial charge is 0.238 e. The average molecular weight is 110 g/mol. The van der Waals surface area contributed by atoms with Crippen LogP contribution in [0.4, 0.5) is 0 Å². The van der Waals surface area contributed by atoms with Gasteiger partial charge in [0.05, 0.1) is 11.8 Å². The fourth-order valence-electron chi connectivity index (χ4n) is 0.396.